The van der Waals surface area contributed by atoms with E-state index in [2.05, 4.69) is 21.3 Å². The number of nitrogens with two attached hydrogens (primary N) is 5. The number of ketones is 5. The molecule has 20 nitrogen and oxygen atoms in total. The topological polar surface area (TPSA) is 369 Å². The van der Waals surface area contributed by atoms with E-state index in [0.717, 1.165) is 37.7 Å². The van der Waals surface area contributed by atoms with Crippen molar-refractivity contribution in [1.29, 1.82) is 0 Å². The summed E-state index contributed by atoms with van der Waals surface area (Å²) in [6.45, 7) is 6.95. The summed E-state index contributed by atoms with van der Waals surface area (Å²) in [5.74, 6) is -10.3. The quantitative estimate of drug-likeness (QED) is 0.0374. The average molecular weight is 1220 g/mol. The van der Waals surface area contributed by atoms with E-state index in [1.165, 1.54) is 0 Å². The number of carbonyl (C=O) groups excluding carboxylic acids is 10. The van der Waals surface area contributed by atoms with Crippen molar-refractivity contribution in [3.63, 3.8) is 0 Å². The highest BCUT2D eigenvalue weighted by Gasteiger charge is 2.37. The number of hydrogen-bond acceptors (Lipinski definition) is 15. The van der Waals surface area contributed by atoms with Crippen LogP contribution in [0.2, 0.25) is 0 Å². The van der Waals surface area contributed by atoms with Crippen LogP contribution in [-0.2, 0) is 67.2 Å². The molecule has 3 aromatic carbocycles. The maximum Gasteiger partial charge on any atom is 0.224 e. The van der Waals surface area contributed by atoms with E-state index < -0.39 is 125 Å². The molecule has 4 rings (SSSR count). The minimum absolute atomic E-state index is 0.000551. The van der Waals surface area contributed by atoms with E-state index in [9.17, 15) is 53.1 Å². The van der Waals surface area contributed by atoms with E-state index >= 15 is 0 Å². The average Bonchev–Trinajstić information content (AvgIpc) is 3.54. The smallest absolute Gasteiger partial charge is 0.224 e. The zero-order valence-corrected chi connectivity index (χ0v) is 52.3. The van der Waals surface area contributed by atoms with Gasteiger partial charge in [-0.1, -0.05) is 151 Å². The highest BCUT2D eigenvalue weighted by atomic mass is 16.3. The lowest BCUT2D eigenvalue weighted by atomic mass is 9.83. The van der Waals surface area contributed by atoms with Crippen molar-refractivity contribution < 1.29 is 53.1 Å². The van der Waals surface area contributed by atoms with Gasteiger partial charge in [-0.2, -0.15) is 0 Å². The van der Waals surface area contributed by atoms with Crippen LogP contribution >= 0.6 is 0 Å². The molecule has 1 fully saturated rings. The van der Waals surface area contributed by atoms with Crippen LogP contribution in [0, 0.1) is 47.3 Å². The highest BCUT2D eigenvalue weighted by Crippen LogP contribution is 2.28. The first kappa shape index (κ1) is 73.6. The minimum atomic E-state index is -1.19. The van der Waals surface area contributed by atoms with Gasteiger partial charge in [-0.15, -0.1) is 0 Å². The predicted molar refractivity (Wildman–Crippen MR) is 339 cm³/mol. The summed E-state index contributed by atoms with van der Waals surface area (Å²) >= 11 is 0. The first-order chi connectivity index (χ1) is 42.0. The number of hydrogen-bond donors (Lipinski definition) is 10. The first-order valence-electron chi connectivity index (χ1n) is 31.8. The number of aliphatic hydroxyl groups is 1. The van der Waals surface area contributed by atoms with Gasteiger partial charge in [0.1, 0.15) is 5.78 Å². The van der Waals surface area contributed by atoms with Crippen molar-refractivity contribution in [2.24, 2.45) is 76.0 Å². The van der Waals surface area contributed by atoms with E-state index in [0.29, 0.717) is 23.5 Å². The molecule has 0 heterocycles. The molecule has 15 N–H and O–H groups in total. The van der Waals surface area contributed by atoms with E-state index in [1.54, 1.807) is 66.7 Å². The van der Waals surface area contributed by atoms with Gasteiger partial charge in [0.25, 0.3) is 0 Å². The van der Waals surface area contributed by atoms with Crippen molar-refractivity contribution in [3.8, 4) is 0 Å². The Hall–Kier alpha value is -6.84. The van der Waals surface area contributed by atoms with Gasteiger partial charge in [0, 0.05) is 55.8 Å². The van der Waals surface area contributed by atoms with Crippen LogP contribution in [0.3, 0.4) is 0 Å². The third-order valence-corrected chi connectivity index (χ3v) is 16.7. The molecule has 1 aliphatic carbocycles. The van der Waals surface area contributed by atoms with Crippen LogP contribution in [0.25, 0.3) is 0 Å². The van der Waals surface area contributed by atoms with Gasteiger partial charge in [0.2, 0.25) is 29.5 Å². The Morgan fingerprint density at radius 3 is 1.10 bits per heavy atom. The van der Waals surface area contributed by atoms with Crippen molar-refractivity contribution in [2.45, 2.75) is 180 Å². The molecular weight excluding hydrogens is 1120 g/mol. The molecule has 0 aliphatic heterocycles. The second-order valence-electron chi connectivity index (χ2n) is 25.1. The third kappa shape index (κ3) is 26.1. The second-order valence-corrected chi connectivity index (χ2v) is 25.1. The van der Waals surface area contributed by atoms with Gasteiger partial charge in [0.15, 0.2) is 23.1 Å². The lowest BCUT2D eigenvalue weighted by Gasteiger charge is -2.27. The molecule has 484 valence electrons. The summed E-state index contributed by atoms with van der Waals surface area (Å²) in [5.41, 5.74) is 32.2. The molecule has 10 atom stereocenters. The number of carbonyl (C=O) groups is 10. The molecule has 1 aliphatic rings. The fourth-order valence-electron chi connectivity index (χ4n) is 11.8. The van der Waals surface area contributed by atoms with Crippen molar-refractivity contribution in [2.75, 3.05) is 26.2 Å². The minimum Gasteiger partial charge on any atom is -0.396 e. The van der Waals surface area contributed by atoms with Crippen LogP contribution in [0.1, 0.15) is 147 Å². The van der Waals surface area contributed by atoms with Crippen molar-refractivity contribution in [1.82, 2.24) is 21.3 Å². The van der Waals surface area contributed by atoms with Gasteiger partial charge in [-0.05, 0) is 112 Å². The number of nitrogens with one attached hydrogen (secondary N) is 4. The summed E-state index contributed by atoms with van der Waals surface area (Å²) in [4.78, 5) is 141. The van der Waals surface area contributed by atoms with Gasteiger partial charge in [-0.25, -0.2) is 0 Å². The molecule has 0 bridgehead atoms. The number of benzene rings is 3. The molecule has 0 radical (unpaired) electrons. The normalized spacial score (nSPS) is 16.1. The van der Waals surface area contributed by atoms with Crippen LogP contribution in [0.4, 0.5) is 0 Å². The monoisotopic (exact) mass is 1220 g/mol. The predicted octanol–water partition coefficient (Wildman–Crippen LogP) is 4.44. The molecule has 1 saturated carbocycles. The fraction of sp³-hybridized carbons (Fsp3) is 0.588. The third-order valence-electron chi connectivity index (χ3n) is 16.7. The van der Waals surface area contributed by atoms with Crippen LogP contribution in [0.5, 0.6) is 0 Å². The number of Topliss-reactive ketones (excluding diaryl/α,β-unsaturated/α-hetero) is 5. The van der Waals surface area contributed by atoms with Gasteiger partial charge >= 0.3 is 0 Å². The molecule has 88 heavy (non-hydrogen) atoms. The largest absolute Gasteiger partial charge is 0.396 e. The van der Waals surface area contributed by atoms with Crippen LogP contribution in [0.15, 0.2) is 91.0 Å². The lowest BCUT2D eigenvalue weighted by molar-refractivity contribution is -0.136. The number of amides is 5. The van der Waals surface area contributed by atoms with Gasteiger partial charge < -0.3 is 55.0 Å². The Morgan fingerprint density at radius 1 is 0.443 bits per heavy atom. The fourth-order valence-corrected chi connectivity index (χ4v) is 11.8. The Balaban J connectivity index is 1.56. The maximum absolute atomic E-state index is 14.8. The lowest BCUT2D eigenvalue weighted by Crippen LogP contribution is -2.50. The summed E-state index contributed by atoms with van der Waals surface area (Å²) in [6, 6.07) is 21.6. The Bertz CT molecular complexity index is 2690. The highest BCUT2D eigenvalue weighted by molar-refractivity contribution is 5.98. The summed E-state index contributed by atoms with van der Waals surface area (Å²) in [5, 5.41) is 21.3. The number of primary amides is 1. The molecule has 0 unspecified atom stereocenters. The van der Waals surface area contributed by atoms with Crippen molar-refractivity contribution >= 4 is 58.5 Å². The van der Waals surface area contributed by atoms with Crippen molar-refractivity contribution in [3.05, 3.63) is 108 Å². The summed E-state index contributed by atoms with van der Waals surface area (Å²) in [6.07, 6.45) is 5.17. The molecule has 0 spiro atoms. The van der Waals surface area contributed by atoms with Crippen LogP contribution in [-0.4, -0.2) is 120 Å². The second kappa shape index (κ2) is 39.2. The first-order valence-corrected chi connectivity index (χ1v) is 31.8. The summed E-state index contributed by atoms with van der Waals surface area (Å²) < 4.78 is 0. The van der Waals surface area contributed by atoms with Crippen LogP contribution < -0.4 is 49.9 Å². The Labute approximate surface area is 520 Å². The molecule has 5 amide bonds. The van der Waals surface area contributed by atoms with Gasteiger partial charge in [-0.3, -0.25) is 47.9 Å². The number of rotatable bonds is 43. The zero-order valence-electron chi connectivity index (χ0n) is 52.3. The molecule has 20 heteroatoms. The standard InChI is InChI=1S/C68H101N9O11/c1-43(2)31-51(68(88)77-58(36-48-23-15-8-16-24-48)63(83)41-53(42-78)64(73)84)39-60(80)55(27-30-71)74-67(87)52(32-44(3)4)40-62(82)57(35-47-21-13-7-14-22-47)76-66(86)50(26-29-70)38-61(81)56(34-46-19-11-6-12-20-46)75-65(85)49(25-28-69)37-59(79)54(72)33-45-17-9-5-10-18-45/h6-8,11-16,19-24,43-45,49-58,78H,5,9-10,17-18,25-42,69-72H2,1-4H3,(H2,73,84)(H,74,87)(H,75,85)(H,76,86)(H,77,88)/t49-,50-,51+,52-,53+,54+,55+,56+,57-,58+/m1/s1. The SMILES string of the molecule is CC(C)C[C@@H](CC(=O)[C@H](CCN)NC(=O)[C@@H](CC(=O)[C@@H](Cc1ccccc1)NC(=O)[C@H](CCN)CC(=O)[C@H](Cc1ccccc1)NC(=O)[C@H](CCN)CC(=O)[C@@H](N)CC1CCCCC1)CC(C)C)C(=O)N[C@@H](Cc1ccccc1)C(=O)C[C@@H](CO)C(N)=O. The Morgan fingerprint density at radius 2 is 0.761 bits per heavy atom. The molecular formula is C68H101N9O11. The molecule has 0 aromatic heterocycles. The summed E-state index contributed by atoms with van der Waals surface area (Å²) in [7, 11) is 0. The van der Waals surface area contributed by atoms with E-state index in [1.807, 2.05) is 52.0 Å². The van der Waals surface area contributed by atoms with Gasteiger partial charge in [0.05, 0.1) is 42.7 Å². The molecule has 3 aromatic rings. The van der Waals surface area contributed by atoms with E-state index in [4.69, 9.17) is 28.7 Å². The maximum atomic E-state index is 14.8. The molecule has 0 saturated heterocycles. The van der Waals surface area contributed by atoms with E-state index in [-0.39, 0.29) is 114 Å². The number of aliphatic hydroxyl groups excluding tert-OH is 1. The Kier molecular flexibility index (Phi) is 32.8. The zero-order chi connectivity index (χ0) is 64.7.